The SMILES string of the molecule is O=C(CN1CC2(CC2)c2cc(Br)ccc2C1=O)Nc1cc2n(n1)CCOC2. The molecule has 7 nitrogen and oxygen atoms in total. The molecule has 0 unspecified atom stereocenters. The molecule has 1 fully saturated rings. The van der Waals surface area contributed by atoms with Crippen LogP contribution >= 0.6 is 15.9 Å². The minimum absolute atomic E-state index is 0.0120. The second-order valence-corrected chi connectivity index (χ2v) is 8.39. The molecule has 2 aliphatic heterocycles. The van der Waals surface area contributed by atoms with Gasteiger partial charge in [0.15, 0.2) is 5.82 Å². The maximum atomic E-state index is 12.9. The number of nitrogens with zero attached hydrogens (tertiary/aromatic N) is 3. The summed E-state index contributed by atoms with van der Waals surface area (Å²) in [6.45, 7) is 2.44. The van der Waals surface area contributed by atoms with E-state index in [4.69, 9.17) is 4.74 Å². The Labute approximate surface area is 164 Å². The summed E-state index contributed by atoms with van der Waals surface area (Å²) in [5.74, 6) is 0.203. The van der Waals surface area contributed by atoms with Crippen LogP contribution < -0.4 is 5.32 Å². The summed E-state index contributed by atoms with van der Waals surface area (Å²) in [6, 6.07) is 7.61. The van der Waals surface area contributed by atoms with Crippen molar-refractivity contribution < 1.29 is 14.3 Å². The molecule has 0 saturated heterocycles. The van der Waals surface area contributed by atoms with Crippen LogP contribution in [0.3, 0.4) is 0 Å². The number of amides is 2. The van der Waals surface area contributed by atoms with Crippen molar-refractivity contribution in [2.24, 2.45) is 0 Å². The van der Waals surface area contributed by atoms with Gasteiger partial charge in [0, 0.05) is 28.1 Å². The van der Waals surface area contributed by atoms with E-state index in [9.17, 15) is 9.59 Å². The first kappa shape index (κ1) is 16.9. The Morgan fingerprint density at radius 3 is 2.96 bits per heavy atom. The van der Waals surface area contributed by atoms with Crippen molar-refractivity contribution in [2.75, 3.05) is 25.0 Å². The predicted octanol–water partition coefficient (Wildman–Crippen LogP) is 2.30. The molecule has 1 N–H and O–H groups in total. The number of nitrogens with one attached hydrogen (secondary N) is 1. The van der Waals surface area contributed by atoms with Crippen molar-refractivity contribution in [3.63, 3.8) is 0 Å². The zero-order valence-electron chi connectivity index (χ0n) is 14.7. The van der Waals surface area contributed by atoms with E-state index in [1.807, 2.05) is 22.9 Å². The fraction of sp³-hybridized carbons (Fsp3) is 0.421. The Kier molecular flexibility index (Phi) is 3.87. The molecule has 140 valence electrons. The van der Waals surface area contributed by atoms with Gasteiger partial charge in [-0.25, -0.2) is 0 Å². The molecule has 0 atom stereocenters. The van der Waals surface area contributed by atoms with Crippen LogP contribution in [0.2, 0.25) is 0 Å². The van der Waals surface area contributed by atoms with E-state index in [0.29, 0.717) is 37.7 Å². The van der Waals surface area contributed by atoms with Gasteiger partial charge in [0.1, 0.15) is 6.54 Å². The highest BCUT2D eigenvalue weighted by molar-refractivity contribution is 9.10. The lowest BCUT2D eigenvalue weighted by Crippen LogP contribution is -2.46. The third-order valence-corrected chi connectivity index (χ3v) is 6.07. The Morgan fingerprint density at radius 2 is 2.19 bits per heavy atom. The minimum Gasteiger partial charge on any atom is -0.373 e. The summed E-state index contributed by atoms with van der Waals surface area (Å²) in [7, 11) is 0. The van der Waals surface area contributed by atoms with Gasteiger partial charge >= 0.3 is 0 Å². The molecule has 2 aromatic rings. The van der Waals surface area contributed by atoms with Gasteiger partial charge < -0.3 is 15.0 Å². The van der Waals surface area contributed by atoms with Gasteiger partial charge in [-0.3, -0.25) is 14.3 Å². The van der Waals surface area contributed by atoms with Gasteiger partial charge in [0.05, 0.1) is 25.5 Å². The minimum atomic E-state index is -0.226. The van der Waals surface area contributed by atoms with E-state index in [-0.39, 0.29) is 23.8 Å². The number of carbonyl (C=O) groups excluding carboxylic acids is 2. The lowest BCUT2D eigenvalue weighted by molar-refractivity contribution is -0.117. The maximum absolute atomic E-state index is 12.9. The van der Waals surface area contributed by atoms with Crippen molar-refractivity contribution in [3.8, 4) is 0 Å². The van der Waals surface area contributed by atoms with E-state index in [1.165, 1.54) is 0 Å². The number of benzene rings is 1. The van der Waals surface area contributed by atoms with Crippen LogP contribution in [0.5, 0.6) is 0 Å². The zero-order valence-corrected chi connectivity index (χ0v) is 16.3. The number of carbonyl (C=O) groups is 2. The van der Waals surface area contributed by atoms with Crippen LogP contribution in [0.15, 0.2) is 28.7 Å². The Balaban J connectivity index is 1.32. The van der Waals surface area contributed by atoms with Crippen LogP contribution in [0.25, 0.3) is 0 Å². The number of halogens is 1. The summed E-state index contributed by atoms with van der Waals surface area (Å²) in [5, 5.41) is 7.21. The van der Waals surface area contributed by atoms with Gasteiger partial charge in [-0.2, -0.15) is 5.10 Å². The van der Waals surface area contributed by atoms with E-state index < -0.39 is 0 Å². The largest absolute Gasteiger partial charge is 0.373 e. The van der Waals surface area contributed by atoms with E-state index in [1.54, 1.807) is 4.90 Å². The number of anilines is 1. The summed E-state index contributed by atoms with van der Waals surface area (Å²) in [6.07, 6.45) is 2.10. The van der Waals surface area contributed by atoms with Crippen molar-refractivity contribution in [1.82, 2.24) is 14.7 Å². The average molecular weight is 431 g/mol. The van der Waals surface area contributed by atoms with Gasteiger partial charge in [0.25, 0.3) is 5.91 Å². The summed E-state index contributed by atoms with van der Waals surface area (Å²) in [5.41, 5.74) is 2.78. The monoisotopic (exact) mass is 430 g/mol. The second kappa shape index (κ2) is 6.17. The predicted molar refractivity (Wildman–Crippen MR) is 101 cm³/mol. The Hall–Kier alpha value is -2.19. The molecule has 1 aromatic heterocycles. The van der Waals surface area contributed by atoms with Gasteiger partial charge in [0.2, 0.25) is 5.91 Å². The topological polar surface area (TPSA) is 76.5 Å². The van der Waals surface area contributed by atoms with E-state index >= 15 is 0 Å². The van der Waals surface area contributed by atoms with Gasteiger partial charge in [-0.05, 0) is 36.6 Å². The quantitative estimate of drug-likeness (QED) is 0.810. The molecule has 1 spiro atoms. The van der Waals surface area contributed by atoms with Crippen molar-refractivity contribution in [3.05, 3.63) is 45.6 Å². The third kappa shape index (κ3) is 2.96. The number of rotatable bonds is 3. The van der Waals surface area contributed by atoms with E-state index in [0.717, 1.165) is 28.6 Å². The highest BCUT2D eigenvalue weighted by Crippen LogP contribution is 2.52. The summed E-state index contributed by atoms with van der Waals surface area (Å²) >= 11 is 3.50. The molecule has 2 amide bonds. The van der Waals surface area contributed by atoms with Crippen molar-refractivity contribution >= 4 is 33.6 Å². The second-order valence-electron chi connectivity index (χ2n) is 7.48. The Morgan fingerprint density at radius 1 is 1.33 bits per heavy atom. The smallest absolute Gasteiger partial charge is 0.254 e. The average Bonchev–Trinajstić information content (AvgIpc) is 3.30. The highest BCUT2D eigenvalue weighted by atomic mass is 79.9. The molecule has 5 rings (SSSR count). The highest BCUT2D eigenvalue weighted by Gasteiger charge is 2.51. The lowest BCUT2D eigenvalue weighted by atomic mass is 9.86. The molecule has 1 saturated carbocycles. The molecule has 1 aliphatic carbocycles. The fourth-order valence-corrected chi connectivity index (χ4v) is 4.41. The fourth-order valence-electron chi connectivity index (χ4n) is 4.05. The lowest BCUT2D eigenvalue weighted by Gasteiger charge is -2.34. The standard InChI is InChI=1S/C19H19BrN4O3/c20-12-1-2-14-15(7-12)19(3-4-19)11-23(18(14)26)9-17(25)21-16-8-13-10-27-6-5-24(13)22-16/h1-2,7-8H,3-6,9-11H2,(H,21,22,25). The van der Waals surface area contributed by atoms with Crippen LogP contribution in [0.1, 0.15) is 34.5 Å². The molecular formula is C19H19BrN4O3. The third-order valence-electron chi connectivity index (χ3n) is 5.58. The van der Waals surface area contributed by atoms with Crippen molar-refractivity contribution in [1.29, 1.82) is 0 Å². The molecule has 3 aliphatic rings. The first-order valence-corrected chi connectivity index (χ1v) is 9.87. The van der Waals surface area contributed by atoms with Crippen LogP contribution in [0, 0.1) is 0 Å². The molecule has 1 aromatic carbocycles. The molecule has 3 heterocycles. The van der Waals surface area contributed by atoms with Gasteiger partial charge in [-0.15, -0.1) is 0 Å². The van der Waals surface area contributed by atoms with E-state index in [2.05, 4.69) is 32.4 Å². The molecule has 0 radical (unpaired) electrons. The number of fused-ring (bicyclic) bond motifs is 3. The molecule has 0 bridgehead atoms. The normalized spacial score (nSPS) is 19.6. The molecular weight excluding hydrogens is 412 g/mol. The van der Waals surface area contributed by atoms with Crippen LogP contribution in [0.4, 0.5) is 5.82 Å². The number of hydrogen-bond acceptors (Lipinski definition) is 4. The zero-order chi connectivity index (χ0) is 18.6. The maximum Gasteiger partial charge on any atom is 0.254 e. The first-order chi connectivity index (χ1) is 13.0. The summed E-state index contributed by atoms with van der Waals surface area (Å²) in [4.78, 5) is 27.1. The van der Waals surface area contributed by atoms with Crippen LogP contribution in [-0.4, -0.2) is 46.2 Å². The van der Waals surface area contributed by atoms with Crippen LogP contribution in [-0.2, 0) is 28.1 Å². The first-order valence-electron chi connectivity index (χ1n) is 9.08. The number of aromatic nitrogens is 2. The van der Waals surface area contributed by atoms with Gasteiger partial charge in [-0.1, -0.05) is 15.9 Å². The molecule has 27 heavy (non-hydrogen) atoms. The Bertz CT molecular complexity index is 927. The van der Waals surface area contributed by atoms with Crippen molar-refractivity contribution in [2.45, 2.75) is 31.4 Å². The summed E-state index contributed by atoms with van der Waals surface area (Å²) < 4.78 is 8.22. The number of hydrogen-bond donors (Lipinski definition) is 1. The molecule has 8 heteroatoms. The number of ether oxygens (including phenoxy) is 1.